The second-order valence-corrected chi connectivity index (χ2v) is 10.6. The van der Waals surface area contributed by atoms with E-state index in [1.807, 2.05) is 85.7 Å². The van der Waals surface area contributed by atoms with Gasteiger partial charge in [0.25, 0.3) is 5.91 Å². The van der Waals surface area contributed by atoms with Crippen LogP contribution in [-0.2, 0) is 11.4 Å². The Kier molecular flexibility index (Phi) is 9.81. The summed E-state index contributed by atoms with van der Waals surface area (Å²) in [4.78, 5) is 21.4. The molecule has 8 heteroatoms. The number of carbonyl (C=O) groups is 1. The molecule has 3 N–H and O–H groups in total. The van der Waals surface area contributed by atoms with Crippen molar-refractivity contribution < 1.29 is 24.6 Å². The maximum Gasteiger partial charge on any atom is 0.251 e. The number of rotatable bonds is 11. The average molecular weight is 548 g/mol. The van der Waals surface area contributed by atoms with Gasteiger partial charge in [0.2, 0.25) is 0 Å². The van der Waals surface area contributed by atoms with Gasteiger partial charge in [-0.2, -0.15) is 5.06 Å². The quantitative estimate of drug-likeness (QED) is 0.327. The van der Waals surface area contributed by atoms with Crippen molar-refractivity contribution in [3.8, 4) is 16.9 Å². The molecule has 0 spiro atoms. The molecule has 0 saturated carbocycles. The fourth-order valence-electron chi connectivity index (χ4n) is 5.27. The Bertz CT molecular complexity index is 1280. The molecule has 1 saturated heterocycles. The summed E-state index contributed by atoms with van der Waals surface area (Å²) in [5.41, 5.74) is 5.16. The number of methoxy groups -OCH3 is 1. The molecule has 1 aliphatic rings. The largest absolute Gasteiger partial charge is 0.496 e. The number of amides is 1. The summed E-state index contributed by atoms with van der Waals surface area (Å²) >= 11 is 0. The Morgan fingerprint density at radius 3 is 2.50 bits per heavy atom. The van der Waals surface area contributed by atoms with Crippen LogP contribution >= 0.6 is 0 Å². The van der Waals surface area contributed by atoms with E-state index < -0.39 is 12.2 Å². The van der Waals surface area contributed by atoms with Crippen LogP contribution in [0.2, 0.25) is 0 Å². The summed E-state index contributed by atoms with van der Waals surface area (Å²) in [7, 11) is 5.54. The molecule has 0 unspecified atom stereocenters. The third kappa shape index (κ3) is 6.64. The molecular weight excluding hydrogens is 506 g/mol. The first-order valence-corrected chi connectivity index (χ1v) is 13.8. The van der Waals surface area contributed by atoms with Crippen LogP contribution in [0, 0.1) is 5.92 Å². The van der Waals surface area contributed by atoms with Crippen molar-refractivity contribution in [3.63, 3.8) is 0 Å². The highest BCUT2D eigenvalue weighted by molar-refractivity contribution is 5.97. The third-order valence-corrected chi connectivity index (χ3v) is 7.55. The lowest BCUT2D eigenvalue weighted by molar-refractivity contribution is -0.165. The van der Waals surface area contributed by atoms with Crippen LogP contribution < -0.4 is 15.0 Å². The number of hydrogen-bond donors (Lipinski definition) is 3. The average Bonchev–Trinajstić information content (AvgIpc) is 3.39. The summed E-state index contributed by atoms with van der Waals surface area (Å²) in [6, 6.07) is 21.7. The number of aliphatic hydroxyl groups is 2. The molecule has 0 radical (unpaired) electrons. The van der Waals surface area contributed by atoms with E-state index in [9.17, 15) is 15.0 Å². The van der Waals surface area contributed by atoms with Crippen molar-refractivity contribution in [2.75, 3.05) is 39.3 Å². The molecule has 0 aliphatic carbocycles. The van der Waals surface area contributed by atoms with Gasteiger partial charge in [0.1, 0.15) is 11.9 Å². The van der Waals surface area contributed by atoms with Crippen molar-refractivity contribution in [3.05, 3.63) is 83.4 Å². The van der Waals surface area contributed by atoms with E-state index in [-0.39, 0.29) is 24.5 Å². The molecule has 1 aliphatic heterocycles. The molecule has 3 aromatic rings. The van der Waals surface area contributed by atoms with Crippen molar-refractivity contribution in [1.29, 1.82) is 0 Å². The van der Waals surface area contributed by atoms with Crippen molar-refractivity contribution >= 4 is 11.6 Å². The monoisotopic (exact) mass is 547 g/mol. The molecule has 0 bridgehead atoms. The lowest BCUT2D eigenvalue weighted by Crippen LogP contribution is -2.30. The third-order valence-electron chi connectivity index (χ3n) is 7.55. The van der Waals surface area contributed by atoms with E-state index >= 15 is 0 Å². The first kappa shape index (κ1) is 29.6. The maximum atomic E-state index is 13.5. The van der Waals surface area contributed by atoms with Gasteiger partial charge in [-0.05, 0) is 42.7 Å². The molecule has 214 valence electrons. The van der Waals surface area contributed by atoms with Crippen molar-refractivity contribution in [1.82, 2.24) is 10.4 Å². The number of aliphatic hydroxyl groups excluding tert-OH is 2. The van der Waals surface area contributed by atoms with Crippen LogP contribution in [0.15, 0.2) is 66.7 Å². The molecule has 8 nitrogen and oxygen atoms in total. The van der Waals surface area contributed by atoms with Crippen LogP contribution in [0.1, 0.15) is 47.8 Å². The number of benzene rings is 3. The first-order valence-electron chi connectivity index (χ1n) is 13.8. The Hall–Kier alpha value is -3.43. The van der Waals surface area contributed by atoms with Crippen molar-refractivity contribution in [2.45, 2.75) is 45.1 Å². The molecular formula is C32H41N3O5. The lowest BCUT2D eigenvalue weighted by atomic mass is 9.97. The number of para-hydroxylation sites is 1. The molecule has 1 heterocycles. The maximum absolute atomic E-state index is 13.5. The number of nitrogens with zero attached hydrogens (tertiary/aromatic N) is 2. The standard InChI is InChI=1S/C32H41N3O5/c1-6-29(22-11-8-7-9-12-22)33-32(38)25-15-24(16-26(17-25)34(3)4)27-14-10-13-23(31(27)39-5)18-35-19-28(21(2)37)30(20-36)40-35/h7-17,21,28-30,36-37H,6,18-20H2,1-5H3,(H,33,38)/t21-,28+,29-,30-/m0/s1. The highest BCUT2D eigenvalue weighted by Gasteiger charge is 2.37. The van der Waals surface area contributed by atoms with Gasteiger partial charge in [0.05, 0.1) is 32.4 Å². The van der Waals surface area contributed by atoms with E-state index in [2.05, 4.69) is 12.2 Å². The minimum Gasteiger partial charge on any atom is -0.496 e. The number of ether oxygens (including phenoxy) is 1. The topological polar surface area (TPSA) is 94.5 Å². The highest BCUT2D eigenvalue weighted by atomic mass is 16.7. The minimum absolute atomic E-state index is 0.0910. The zero-order valence-electron chi connectivity index (χ0n) is 24.0. The van der Waals surface area contributed by atoms with E-state index in [0.29, 0.717) is 24.4 Å². The number of anilines is 1. The molecule has 1 amide bonds. The van der Waals surface area contributed by atoms with E-state index in [0.717, 1.165) is 34.4 Å². The van der Waals surface area contributed by atoms with E-state index in [1.54, 1.807) is 19.1 Å². The second-order valence-electron chi connectivity index (χ2n) is 10.6. The fourth-order valence-corrected chi connectivity index (χ4v) is 5.27. The zero-order valence-corrected chi connectivity index (χ0v) is 24.0. The summed E-state index contributed by atoms with van der Waals surface area (Å²) in [6.07, 6.45) is -0.268. The Balaban J connectivity index is 1.65. The smallest absolute Gasteiger partial charge is 0.251 e. The first-order chi connectivity index (χ1) is 19.2. The molecule has 3 aromatic carbocycles. The van der Waals surface area contributed by atoms with E-state index in [1.165, 1.54) is 0 Å². The van der Waals surface area contributed by atoms with Crippen LogP contribution in [0.3, 0.4) is 0 Å². The Morgan fingerprint density at radius 2 is 1.90 bits per heavy atom. The van der Waals surface area contributed by atoms with Crippen LogP contribution in [0.4, 0.5) is 5.69 Å². The zero-order chi connectivity index (χ0) is 28.8. The van der Waals surface area contributed by atoms with Gasteiger partial charge in [0, 0.05) is 48.9 Å². The normalized spacial score (nSPS) is 18.8. The van der Waals surface area contributed by atoms with Gasteiger partial charge >= 0.3 is 0 Å². The van der Waals surface area contributed by atoms with Gasteiger partial charge in [0.15, 0.2) is 0 Å². The van der Waals surface area contributed by atoms with Gasteiger partial charge < -0.3 is 25.2 Å². The molecule has 4 atom stereocenters. The highest BCUT2D eigenvalue weighted by Crippen LogP contribution is 2.37. The number of carbonyl (C=O) groups excluding carboxylic acids is 1. The summed E-state index contributed by atoms with van der Waals surface area (Å²) in [6.45, 7) is 4.54. The minimum atomic E-state index is -0.595. The molecule has 1 fully saturated rings. The van der Waals surface area contributed by atoms with Gasteiger partial charge in [-0.3, -0.25) is 9.63 Å². The van der Waals surface area contributed by atoms with Gasteiger partial charge in [-0.1, -0.05) is 55.5 Å². The fraction of sp³-hybridized carbons (Fsp3) is 0.406. The van der Waals surface area contributed by atoms with Crippen LogP contribution in [0.25, 0.3) is 11.1 Å². The SMILES string of the molecule is CC[C@H](NC(=O)c1cc(-c2cccc(CN3C[C@H]([C@H](C)O)[C@H](CO)O3)c2OC)cc(N(C)C)c1)c1ccccc1. The van der Waals surface area contributed by atoms with Crippen molar-refractivity contribution in [2.24, 2.45) is 5.92 Å². The summed E-state index contributed by atoms with van der Waals surface area (Å²) in [5, 5.41) is 24.8. The number of nitrogens with one attached hydrogen (secondary N) is 1. The predicted molar refractivity (Wildman–Crippen MR) is 157 cm³/mol. The molecule has 40 heavy (non-hydrogen) atoms. The summed E-state index contributed by atoms with van der Waals surface area (Å²) in [5.74, 6) is 0.366. The molecule has 0 aromatic heterocycles. The van der Waals surface area contributed by atoms with Crippen LogP contribution in [-0.4, -0.2) is 67.7 Å². The number of hydrogen-bond acceptors (Lipinski definition) is 7. The summed E-state index contributed by atoms with van der Waals surface area (Å²) < 4.78 is 5.91. The van der Waals surface area contributed by atoms with Gasteiger partial charge in [-0.25, -0.2) is 0 Å². The lowest BCUT2D eigenvalue weighted by Gasteiger charge is -2.21. The second kappa shape index (κ2) is 13.3. The predicted octanol–water partition coefficient (Wildman–Crippen LogP) is 4.41. The molecule has 4 rings (SSSR count). The Labute approximate surface area is 237 Å². The van der Waals surface area contributed by atoms with Crippen LogP contribution in [0.5, 0.6) is 5.75 Å². The van der Waals surface area contributed by atoms with Gasteiger partial charge in [-0.15, -0.1) is 0 Å². The number of hydroxylamine groups is 2. The Morgan fingerprint density at radius 1 is 1.15 bits per heavy atom. The van der Waals surface area contributed by atoms with E-state index in [4.69, 9.17) is 9.57 Å².